The second-order valence-corrected chi connectivity index (χ2v) is 9.75. The number of carbonyl (C=O) groups excluding carboxylic acids is 2. The molecule has 0 aromatic heterocycles. The Bertz CT molecular complexity index is 1360. The van der Waals surface area contributed by atoms with Crippen molar-refractivity contribution in [3.05, 3.63) is 95.6 Å². The third kappa shape index (κ3) is 2.70. The minimum atomic E-state index is -4.31. The standard InChI is InChI=1S/C23H16F2N2O4S/c24-16-7-5-15(6-8-16)13-26-20-4-2-1-3-19(20)23(22(26)29)27(21(28)14-32(23,30)31)18-11-9-17(25)10-12-18/h1-12H,13-14H2/t23-/m1/s1. The van der Waals surface area contributed by atoms with Crippen molar-refractivity contribution >= 4 is 33.0 Å². The number of nitrogens with zero attached hydrogens (tertiary/aromatic N) is 2. The Balaban J connectivity index is 1.72. The topological polar surface area (TPSA) is 74.8 Å². The molecular formula is C23H16F2N2O4S. The summed E-state index contributed by atoms with van der Waals surface area (Å²) >= 11 is 0. The van der Waals surface area contributed by atoms with Crippen molar-refractivity contribution in [2.75, 3.05) is 15.6 Å². The van der Waals surface area contributed by atoms with Crippen LogP contribution in [0.15, 0.2) is 72.8 Å². The molecule has 1 spiro atoms. The van der Waals surface area contributed by atoms with Gasteiger partial charge in [0.1, 0.15) is 17.4 Å². The van der Waals surface area contributed by atoms with Crippen LogP contribution in [-0.4, -0.2) is 26.0 Å². The molecule has 0 bridgehead atoms. The zero-order chi connectivity index (χ0) is 22.7. The second kappa shape index (κ2) is 6.96. The average molecular weight is 454 g/mol. The molecule has 2 aliphatic rings. The van der Waals surface area contributed by atoms with Crippen LogP contribution in [-0.2, 0) is 30.8 Å². The fourth-order valence-electron chi connectivity index (χ4n) is 4.41. The Kier molecular flexibility index (Phi) is 4.42. The lowest BCUT2D eigenvalue weighted by molar-refractivity contribution is -0.123. The van der Waals surface area contributed by atoms with Crippen molar-refractivity contribution in [2.24, 2.45) is 0 Å². The molecule has 1 atom stereocenters. The normalized spacial score (nSPS) is 21.4. The molecular weight excluding hydrogens is 438 g/mol. The molecule has 0 aliphatic carbocycles. The molecule has 2 heterocycles. The van der Waals surface area contributed by atoms with Crippen LogP contribution >= 0.6 is 0 Å². The number of hydrogen-bond donors (Lipinski definition) is 0. The van der Waals surface area contributed by atoms with Gasteiger partial charge in [-0.1, -0.05) is 30.3 Å². The molecule has 0 unspecified atom stereocenters. The number of benzene rings is 3. The first-order valence-corrected chi connectivity index (χ1v) is 11.4. The SMILES string of the molecule is O=C1CS(=O)(=O)[C@]2(C(=O)N(Cc3ccc(F)cc3)c3ccccc32)N1c1ccc(F)cc1. The second-order valence-electron chi connectivity index (χ2n) is 7.64. The van der Waals surface area contributed by atoms with E-state index >= 15 is 0 Å². The van der Waals surface area contributed by atoms with Crippen LogP contribution in [0.2, 0.25) is 0 Å². The van der Waals surface area contributed by atoms with E-state index in [4.69, 9.17) is 0 Å². The van der Waals surface area contributed by atoms with Crippen molar-refractivity contribution in [3.63, 3.8) is 0 Å². The molecule has 9 heteroatoms. The van der Waals surface area contributed by atoms with Gasteiger partial charge in [-0.3, -0.25) is 14.5 Å². The fraction of sp³-hybridized carbons (Fsp3) is 0.130. The highest BCUT2D eigenvalue weighted by atomic mass is 32.2. The van der Waals surface area contributed by atoms with E-state index < -0.39 is 43.9 Å². The van der Waals surface area contributed by atoms with Gasteiger partial charge in [-0.15, -0.1) is 0 Å². The summed E-state index contributed by atoms with van der Waals surface area (Å²) < 4.78 is 53.7. The molecule has 1 saturated heterocycles. The predicted octanol–water partition coefficient (Wildman–Crippen LogP) is 3.13. The minimum absolute atomic E-state index is 0.0150. The third-order valence-corrected chi connectivity index (χ3v) is 7.87. The van der Waals surface area contributed by atoms with Crippen molar-refractivity contribution in [1.29, 1.82) is 0 Å². The fourth-order valence-corrected chi connectivity index (χ4v) is 6.44. The highest BCUT2D eigenvalue weighted by Gasteiger charge is 2.69. The molecule has 5 rings (SSSR count). The van der Waals surface area contributed by atoms with Crippen LogP contribution in [0.3, 0.4) is 0 Å². The number of carbonyl (C=O) groups is 2. The van der Waals surface area contributed by atoms with E-state index in [1.54, 1.807) is 18.2 Å². The lowest BCUT2D eigenvalue weighted by Gasteiger charge is -2.32. The summed E-state index contributed by atoms with van der Waals surface area (Å²) in [5, 5.41) is 0. The molecule has 0 saturated carbocycles. The number of amides is 2. The summed E-state index contributed by atoms with van der Waals surface area (Å²) in [6.07, 6.45) is 0. The first kappa shape index (κ1) is 20.3. The van der Waals surface area contributed by atoms with Crippen molar-refractivity contribution in [1.82, 2.24) is 0 Å². The van der Waals surface area contributed by atoms with Crippen LogP contribution in [0.25, 0.3) is 0 Å². The molecule has 2 amide bonds. The van der Waals surface area contributed by atoms with Crippen LogP contribution in [0.4, 0.5) is 20.2 Å². The number of hydrogen-bond acceptors (Lipinski definition) is 4. The molecule has 162 valence electrons. The van der Waals surface area contributed by atoms with E-state index in [1.165, 1.54) is 47.4 Å². The molecule has 1 fully saturated rings. The Morgan fingerprint density at radius 3 is 2.09 bits per heavy atom. The van der Waals surface area contributed by atoms with Gasteiger partial charge in [-0.2, -0.15) is 0 Å². The summed E-state index contributed by atoms with van der Waals surface area (Å²) in [5.41, 5.74) is 1.18. The van der Waals surface area contributed by atoms with Gasteiger partial charge < -0.3 is 4.90 Å². The first-order chi connectivity index (χ1) is 15.3. The van der Waals surface area contributed by atoms with E-state index in [1.807, 2.05) is 0 Å². The summed E-state index contributed by atoms with van der Waals surface area (Å²) in [7, 11) is -4.31. The third-order valence-electron chi connectivity index (χ3n) is 5.76. The van der Waals surface area contributed by atoms with Gasteiger partial charge in [0, 0.05) is 11.3 Å². The van der Waals surface area contributed by atoms with Gasteiger partial charge in [0.2, 0.25) is 5.91 Å². The van der Waals surface area contributed by atoms with Crippen LogP contribution in [0.5, 0.6) is 0 Å². The van der Waals surface area contributed by atoms with E-state index in [0.717, 1.165) is 17.0 Å². The van der Waals surface area contributed by atoms with Gasteiger partial charge in [0.05, 0.1) is 12.2 Å². The first-order valence-electron chi connectivity index (χ1n) is 9.72. The summed E-state index contributed by atoms with van der Waals surface area (Å²) in [5.74, 6) is -3.44. The molecule has 3 aromatic carbocycles. The Morgan fingerprint density at radius 1 is 0.844 bits per heavy atom. The van der Waals surface area contributed by atoms with E-state index in [-0.39, 0.29) is 17.8 Å². The number of halogens is 2. The molecule has 0 radical (unpaired) electrons. The monoisotopic (exact) mass is 454 g/mol. The van der Waals surface area contributed by atoms with Gasteiger partial charge in [0.25, 0.3) is 10.8 Å². The average Bonchev–Trinajstić information content (AvgIpc) is 3.13. The largest absolute Gasteiger partial charge is 0.304 e. The Hall–Kier alpha value is -3.59. The van der Waals surface area contributed by atoms with Gasteiger partial charge >= 0.3 is 0 Å². The summed E-state index contributed by atoms with van der Waals surface area (Å²) in [6, 6.07) is 16.6. The van der Waals surface area contributed by atoms with E-state index in [2.05, 4.69) is 0 Å². The zero-order valence-electron chi connectivity index (χ0n) is 16.5. The maximum absolute atomic E-state index is 13.9. The predicted molar refractivity (Wildman–Crippen MR) is 113 cm³/mol. The van der Waals surface area contributed by atoms with Gasteiger partial charge in [0.15, 0.2) is 9.84 Å². The summed E-state index contributed by atoms with van der Waals surface area (Å²) in [6.45, 7) is -0.0150. The van der Waals surface area contributed by atoms with Gasteiger partial charge in [-0.05, 0) is 48.0 Å². The quantitative estimate of drug-likeness (QED) is 0.610. The van der Waals surface area contributed by atoms with Crippen molar-refractivity contribution in [2.45, 2.75) is 11.4 Å². The van der Waals surface area contributed by atoms with Gasteiger partial charge in [-0.25, -0.2) is 17.2 Å². The highest BCUT2D eigenvalue weighted by molar-refractivity contribution is 7.94. The summed E-state index contributed by atoms with van der Waals surface area (Å²) in [4.78, 5) is 26.8. The van der Waals surface area contributed by atoms with Crippen LogP contribution in [0.1, 0.15) is 11.1 Å². The minimum Gasteiger partial charge on any atom is -0.304 e. The maximum atomic E-state index is 13.9. The van der Waals surface area contributed by atoms with Crippen molar-refractivity contribution in [3.8, 4) is 0 Å². The Morgan fingerprint density at radius 2 is 1.44 bits per heavy atom. The van der Waals surface area contributed by atoms with E-state index in [9.17, 15) is 26.8 Å². The lowest BCUT2D eigenvalue weighted by atomic mass is 10.0. The molecule has 0 N–H and O–H groups in total. The maximum Gasteiger partial charge on any atom is 0.274 e. The zero-order valence-corrected chi connectivity index (χ0v) is 17.4. The Labute approximate surface area is 182 Å². The highest BCUT2D eigenvalue weighted by Crippen LogP contribution is 2.52. The number of rotatable bonds is 3. The van der Waals surface area contributed by atoms with Crippen molar-refractivity contribution < 1.29 is 26.8 Å². The molecule has 3 aromatic rings. The number of para-hydroxylation sites is 1. The molecule has 6 nitrogen and oxygen atoms in total. The van der Waals surface area contributed by atoms with Crippen LogP contribution in [0, 0.1) is 11.6 Å². The molecule has 32 heavy (non-hydrogen) atoms. The number of anilines is 2. The smallest absolute Gasteiger partial charge is 0.274 e. The van der Waals surface area contributed by atoms with E-state index in [0.29, 0.717) is 11.3 Å². The lowest BCUT2D eigenvalue weighted by Crippen LogP contribution is -2.54. The number of fused-ring (bicyclic) bond motifs is 2. The number of sulfone groups is 1. The van der Waals surface area contributed by atoms with Crippen LogP contribution < -0.4 is 9.80 Å². The molecule has 2 aliphatic heterocycles.